The van der Waals surface area contributed by atoms with Crippen molar-refractivity contribution in [2.45, 2.75) is 60.9 Å². The van der Waals surface area contributed by atoms with Gasteiger partial charge >= 0.3 is 0 Å². The highest BCUT2D eigenvalue weighted by Crippen LogP contribution is 2.18. The second-order valence-corrected chi connectivity index (χ2v) is 3.60. The van der Waals surface area contributed by atoms with E-state index in [9.17, 15) is 0 Å². The van der Waals surface area contributed by atoms with Gasteiger partial charge in [-0.2, -0.15) is 0 Å². The van der Waals surface area contributed by atoms with Crippen LogP contribution in [0.25, 0.3) is 0 Å². The molecule has 1 heteroatoms. The van der Waals surface area contributed by atoms with Gasteiger partial charge in [0.05, 0.1) is 0 Å². The van der Waals surface area contributed by atoms with Gasteiger partial charge in [-0.25, -0.2) is 0 Å². The van der Waals surface area contributed by atoms with E-state index in [0.29, 0.717) is 0 Å². The Morgan fingerprint density at radius 2 is 1.54 bits per heavy atom. The molecule has 1 aliphatic heterocycles. The van der Waals surface area contributed by atoms with Crippen molar-refractivity contribution in [2.24, 2.45) is 11.8 Å². The molecule has 1 nitrogen and oxygen atoms in total. The Kier molecular flexibility index (Phi) is 11.9. The third-order valence-electron chi connectivity index (χ3n) is 2.19. The fourth-order valence-electron chi connectivity index (χ4n) is 1.46. The molecule has 13 heavy (non-hydrogen) atoms. The number of hydrogen-bond acceptors (Lipinski definition) is 1. The molecule has 0 radical (unpaired) electrons. The van der Waals surface area contributed by atoms with Gasteiger partial charge in [-0.05, 0) is 24.8 Å². The molecular weight excluding hydrogens is 158 g/mol. The van der Waals surface area contributed by atoms with Gasteiger partial charge in [0.25, 0.3) is 0 Å². The zero-order chi connectivity index (χ0) is 10.9. The summed E-state index contributed by atoms with van der Waals surface area (Å²) < 4.78 is 0. The van der Waals surface area contributed by atoms with E-state index in [0.717, 1.165) is 17.9 Å². The maximum Gasteiger partial charge on any atom is 0.00931 e. The molecular formula is C12H29N. The summed E-state index contributed by atoms with van der Waals surface area (Å²) in [5.41, 5.74) is 0. The third kappa shape index (κ3) is 7.06. The van der Waals surface area contributed by atoms with E-state index in [1.165, 1.54) is 13.0 Å². The quantitative estimate of drug-likeness (QED) is 0.660. The maximum atomic E-state index is 3.51. The SMILES string of the molecule is CC.CC.CC1CNC(C(C)C)C1. The topological polar surface area (TPSA) is 12.0 Å². The van der Waals surface area contributed by atoms with Gasteiger partial charge in [0.1, 0.15) is 0 Å². The van der Waals surface area contributed by atoms with Crippen molar-refractivity contribution in [1.29, 1.82) is 0 Å². The Labute approximate surface area is 85.3 Å². The van der Waals surface area contributed by atoms with E-state index in [-0.39, 0.29) is 0 Å². The largest absolute Gasteiger partial charge is 0.313 e. The van der Waals surface area contributed by atoms with Crippen molar-refractivity contribution < 1.29 is 0 Å². The van der Waals surface area contributed by atoms with Crippen molar-refractivity contribution in [3.05, 3.63) is 0 Å². The molecule has 1 rings (SSSR count). The molecule has 1 N–H and O–H groups in total. The zero-order valence-electron chi connectivity index (χ0n) is 10.6. The van der Waals surface area contributed by atoms with Gasteiger partial charge < -0.3 is 5.32 Å². The predicted octanol–water partition coefficient (Wildman–Crippen LogP) is 3.69. The fraction of sp³-hybridized carbons (Fsp3) is 1.00. The fourth-order valence-corrected chi connectivity index (χ4v) is 1.46. The molecule has 1 saturated heterocycles. The standard InChI is InChI=1S/C8H17N.2C2H6/c1-6(2)8-4-7(3)5-9-8;2*1-2/h6-9H,4-5H2,1-3H3;2*1-2H3. The maximum absolute atomic E-state index is 3.51. The highest BCUT2D eigenvalue weighted by Gasteiger charge is 2.22. The van der Waals surface area contributed by atoms with E-state index in [1.807, 2.05) is 27.7 Å². The molecule has 0 aromatic carbocycles. The van der Waals surface area contributed by atoms with Gasteiger partial charge in [-0.15, -0.1) is 0 Å². The van der Waals surface area contributed by atoms with Crippen LogP contribution in [0.5, 0.6) is 0 Å². The van der Waals surface area contributed by atoms with E-state index in [1.54, 1.807) is 0 Å². The Hall–Kier alpha value is -0.0400. The third-order valence-corrected chi connectivity index (χ3v) is 2.19. The first-order chi connectivity index (χ1) is 6.20. The first kappa shape index (κ1) is 15.4. The van der Waals surface area contributed by atoms with E-state index < -0.39 is 0 Å². The minimum Gasteiger partial charge on any atom is -0.313 e. The summed E-state index contributed by atoms with van der Waals surface area (Å²) in [6.45, 7) is 16.1. The normalized spacial score (nSPS) is 25.8. The monoisotopic (exact) mass is 187 g/mol. The summed E-state index contributed by atoms with van der Waals surface area (Å²) in [5, 5.41) is 3.51. The second kappa shape index (κ2) is 10.0. The Morgan fingerprint density at radius 1 is 1.08 bits per heavy atom. The predicted molar refractivity (Wildman–Crippen MR) is 63.1 cm³/mol. The zero-order valence-corrected chi connectivity index (χ0v) is 10.6. The smallest absolute Gasteiger partial charge is 0.00931 e. The lowest BCUT2D eigenvalue weighted by molar-refractivity contribution is 0.444. The lowest BCUT2D eigenvalue weighted by Gasteiger charge is -2.13. The molecule has 2 atom stereocenters. The van der Waals surface area contributed by atoms with Crippen LogP contribution in [0.4, 0.5) is 0 Å². The van der Waals surface area contributed by atoms with Crippen LogP contribution >= 0.6 is 0 Å². The molecule has 0 spiro atoms. The molecule has 0 amide bonds. The van der Waals surface area contributed by atoms with Gasteiger partial charge in [0.2, 0.25) is 0 Å². The van der Waals surface area contributed by atoms with Crippen molar-refractivity contribution in [3.63, 3.8) is 0 Å². The minimum atomic E-state index is 0.792. The average Bonchev–Trinajstić information content (AvgIpc) is 2.59. The molecule has 1 fully saturated rings. The highest BCUT2D eigenvalue weighted by atomic mass is 14.9. The number of rotatable bonds is 1. The Morgan fingerprint density at radius 3 is 1.69 bits per heavy atom. The van der Waals surface area contributed by atoms with Crippen LogP contribution < -0.4 is 5.32 Å². The van der Waals surface area contributed by atoms with E-state index >= 15 is 0 Å². The van der Waals surface area contributed by atoms with Crippen LogP contribution in [0, 0.1) is 11.8 Å². The van der Waals surface area contributed by atoms with Crippen molar-refractivity contribution >= 4 is 0 Å². The van der Waals surface area contributed by atoms with Crippen molar-refractivity contribution in [1.82, 2.24) is 5.32 Å². The lowest BCUT2D eigenvalue weighted by Crippen LogP contribution is -2.26. The van der Waals surface area contributed by atoms with Crippen LogP contribution in [0.3, 0.4) is 0 Å². The molecule has 1 aliphatic rings. The highest BCUT2D eigenvalue weighted by molar-refractivity contribution is 4.80. The summed E-state index contributed by atoms with van der Waals surface area (Å²) in [7, 11) is 0. The van der Waals surface area contributed by atoms with Crippen molar-refractivity contribution in [2.75, 3.05) is 6.54 Å². The first-order valence-corrected chi connectivity index (χ1v) is 5.93. The number of hydrogen-bond donors (Lipinski definition) is 1. The van der Waals surface area contributed by atoms with Crippen LogP contribution in [0.1, 0.15) is 54.9 Å². The first-order valence-electron chi connectivity index (χ1n) is 5.93. The van der Waals surface area contributed by atoms with Gasteiger partial charge in [-0.3, -0.25) is 0 Å². The lowest BCUT2D eigenvalue weighted by atomic mass is 9.99. The summed E-state index contributed by atoms with van der Waals surface area (Å²) in [6.07, 6.45) is 1.37. The second-order valence-electron chi connectivity index (χ2n) is 3.60. The number of nitrogens with one attached hydrogen (secondary N) is 1. The van der Waals surface area contributed by atoms with Gasteiger partial charge in [-0.1, -0.05) is 48.5 Å². The average molecular weight is 187 g/mol. The van der Waals surface area contributed by atoms with Crippen LogP contribution in [0.2, 0.25) is 0 Å². The molecule has 0 aliphatic carbocycles. The molecule has 0 bridgehead atoms. The summed E-state index contributed by atoms with van der Waals surface area (Å²) >= 11 is 0. The molecule has 2 unspecified atom stereocenters. The van der Waals surface area contributed by atoms with Crippen molar-refractivity contribution in [3.8, 4) is 0 Å². The Balaban J connectivity index is 0. The van der Waals surface area contributed by atoms with Crippen LogP contribution in [0.15, 0.2) is 0 Å². The van der Waals surface area contributed by atoms with Gasteiger partial charge in [0.15, 0.2) is 0 Å². The summed E-state index contributed by atoms with van der Waals surface area (Å²) in [4.78, 5) is 0. The van der Waals surface area contributed by atoms with Crippen LogP contribution in [-0.2, 0) is 0 Å². The summed E-state index contributed by atoms with van der Waals surface area (Å²) in [6, 6.07) is 0.792. The molecule has 82 valence electrons. The molecule has 1 heterocycles. The van der Waals surface area contributed by atoms with Crippen LogP contribution in [-0.4, -0.2) is 12.6 Å². The summed E-state index contributed by atoms with van der Waals surface area (Å²) in [5.74, 6) is 1.72. The molecule has 0 aromatic rings. The molecule has 0 aromatic heterocycles. The Bertz CT molecular complexity index is 89.1. The molecule has 0 saturated carbocycles. The van der Waals surface area contributed by atoms with E-state index in [2.05, 4.69) is 26.1 Å². The minimum absolute atomic E-state index is 0.792. The van der Waals surface area contributed by atoms with Gasteiger partial charge in [0, 0.05) is 6.04 Å². The van der Waals surface area contributed by atoms with E-state index in [4.69, 9.17) is 0 Å².